The standard InChI is InChI=1S/C15H21N3O2/c1-2-8-18-9-6-12-4-5-13(11-14(12)18)17-15(20)16-7-3-10-19/h4-6,9,11,19H,2-3,7-8,10H2,1H3,(H2,16,17,20). The summed E-state index contributed by atoms with van der Waals surface area (Å²) in [7, 11) is 0. The third-order valence-electron chi connectivity index (χ3n) is 3.12. The molecule has 20 heavy (non-hydrogen) atoms. The van der Waals surface area contributed by atoms with Gasteiger partial charge in [0.2, 0.25) is 0 Å². The van der Waals surface area contributed by atoms with Gasteiger partial charge in [0, 0.05) is 31.6 Å². The van der Waals surface area contributed by atoms with E-state index in [0.717, 1.165) is 24.2 Å². The first-order valence-corrected chi connectivity index (χ1v) is 6.99. The first-order valence-electron chi connectivity index (χ1n) is 6.99. The number of benzene rings is 1. The Morgan fingerprint density at radius 2 is 2.20 bits per heavy atom. The topological polar surface area (TPSA) is 66.3 Å². The van der Waals surface area contributed by atoms with E-state index in [1.165, 1.54) is 5.39 Å². The number of nitrogens with one attached hydrogen (secondary N) is 2. The molecule has 0 fully saturated rings. The first-order chi connectivity index (χ1) is 9.74. The molecule has 3 N–H and O–H groups in total. The molecule has 1 aromatic heterocycles. The van der Waals surface area contributed by atoms with Crippen LogP contribution < -0.4 is 10.6 Å². The van der Waals surface area contributed by atoms with Crippen LogP contribution in [0.3, 0.4) is 0 Å². The second-order valence-corrected chi connectivity index (χ2v) is 4.74. The lowest BCUT2D eigenvalue weighted by atomic mass is 10.2. The van der Waals surface area contributed by atoms with Gasteiger partial charge in [0.25, 0.3) is 0 Å². The van der Waals surface area contributed by atoms with Crippen LogP contribution in [-0.2, 0) is 6.54 Å². The molecule has 0 aliphatic heterocycles. The maximum Gasteiger partial charge on any atom is 0.319 e. The van der Waals surface area contributed by atoms with Crippen molar-refractivity contribution in [2.75, 3.05) is 18.5 Å². The van der Waals surface area contributed by atoms with Crippen molar-refractivity contribution in [3.8, 4) is 0 Å². The summed E-state index contributed by atoms with van der Waals surface area (Å²) >= 11 is 0. The van der Waals surface area contributed by atoms with Crippen LogP contribution in [0.4, 0.5) is 10.5 Å². The highest BCUT2D eigenvalue weighted by molar-refractivity contribution is 5.92. The van der Waals surface area contributed by atoms with E-state index in [1.807, 2.05) is 18.2 Å². The van der Waals surface area contributed by atoms with Gasteiger partial charge < -0.3 is 20.3 Å². The number of aliphatic hydroxyl groups excluding tert-OH is 1. The molecule has 0 bridgehead atoms. The summed E-state index contributed by atoms with van der Waals surface area (Å²) in [5.41, 5.74) is 1.90. The molecule has 5 heteroatoms. The van der Waals surface area contributed by atoms with E-state index in [-0.39, 0.29) is 12.6 Å². The number of rotatable bonds is 6. The molecular formula is C15H21N3O2. The number of amides is 2. The monoisotopic (exact) mass is 275 g/mol. The highest BCUT2D eigenvalue weighted by Gasteiger charge is 2.04. The minimum absolute atomic E-state index is 0.0801. The van der Waals surface area contributed by atoms with Crippen molar-refractivity contribution in [1.82, 2.24) is 9.88 Å². The lowest BCUT2D eigenvalue weighted by Gasteiger charge is -2.08. The van der Waals surface area contributed by atoms with E-state index in [1.54, 1.807) is 0 Å². The molecule has 0 radical (unpaired) electrons. The van der Waals surface area contributed by atoms with E-state index in [9.17, 15) is 4.79 Å². The number of hydrogen-bond donors (Lipinski definition) is 3. The fourth-order valence-corrected chi connectivity index (χ4v) is 2.15. The second-order valence-electron chi connectivity index (χ2n) is 4.74. The summed E-state index contributed by atoms with van der Waals surface area (Å²) in [6, 6.07) is 7.72. The minimum Gasteiger partial charge on any atom is -0.396 e. The van der Waals surface area contributed by atoms with E-state index >= 15 is 0 Å². The molecule has 0 aliphatic carbocycles. The molecular weight excluding hydrogens is 254 g/mol. The largest absolute Gasteiger partial charge is 0.396 e. The van der Waals surface area contributed by atoms with Gasteiger partial charge in [-0.2, -0.15) is 0 Å². The molecule has 0 aliphatic rings. The highest BCUT2D eigenvalue weighted by Crippen LogP contribution is 2.20. The molecule has 1 aromatic carbocycles. The number of aliphatic hydroxyl groups is 1. The molecule has 2 amide bonds. The number of aromatic nitrogens is 1. The third-order valence-corrected chi connectivity index (χ3v) is 3.12. The summed E-state index contributed by atoms with van der Waals surface area (Å²) in [6.07, 6.45) is 3.70. The van der Waals surface area contributed by atoms with Crippen LogP contribution in [0.15, 0.2) is 30.5 Å². The van der Waals surface area contributed by atoms with Gasteiger partial charge in [-0.05, 0) is 36.4 Å². The van der Waals surface area contributed by atoms with Crippen molar-refractivity contribution >= 4 is 22.6 Å². The maximum atomic E-state index is 11.7. The number of anilines is 1. The van der Waals surface area contributed by atoms with Crippen LogP contribution >= 0.6 is 0 Å². The van der Waals surface area contributed by atoms with E-state index in [2.05, 4.69) is 34.4 Å². The van der Waals surface area contributed by atoms with Crippen molar-refractivity contribution in [2.45, 2.75) is 26.3 Å². The smallest absolute Gasteiger partial charge is 0.319 e. The van der Waals surface area contributed by atoms with Gasteiger partial charge in [-0.25, -0.2) is 4.79 Å². The SMILES string of the molecule is CCCn1ccc2ccc(NC(=O)NCCCO)cc21. The summed E-state index contributed by atoms with van der Waals surface area (Å²) in [6.45, 7) is 3.66. The summed E-state index contributed by atoms with van der Waals surface area (Å²) in [5.74, 6) is 0. The highest BCUT2D eigenvalue weighted by atomic mass is 16.3. The molecule has 0 spiro atoms. The lowest BCUT2D eigenvalue weighted by Crippen LogP contribution is -2.29. The zero-order valence-electron chi connectivity index (χ0n) is 11.7. The molecule has 1 heterocycles. The molecule has 0 saturated carbocycles. The van der Waals surface area contributed by atoms with E-state index in [4.69, 9.17) is 5.11 Å². The normalized spacial score (nSPS) is 10.7. The van der Waals surface area contributed by atoms with Crippen LogP contribution in [0.5, 0.6) is 0 Å². The minimum atomic E-state index is -0.244. The number of nitrogens with zero attached hydrogens (tertiary/aromatic N) is 1. The molecule has 0 unspecified atom stereocenters. The van der Waals surface area contributed by atoms with Gasteiger partial charge in [0.1, 0.15) is 0 Å². The molecule has 5 nitrogen and oxygen atoms in total. The van der Waals surface area contributed by atoms with Gasteiger partial charge in [0.05, 0.1) is 5.52 Å². The average Bonchev–Trinajstić information content (AvgIpc) is 2.82. The Balaban J connectivity index is 2.06. The van der Waals surface area contributed by atoms with Gasteiger partial charge in [0.15, 0.2) is 0 Å². The fourth-order valence-electron chi connectivity index (χ4n) is 2.15. The molecule has 0 saturated heterocycles. The summed E-state index contributed by atoms with van der Waals surface area (Å²) in [5, 5.41) is 15.3. The van der Waals surface area contributed by atoms with Gasteiger partial charge >= 0.3 is 6.03 Å². The maximum absolute atomic E-state index is 11.7. The van der Waals surface area contributed by atoms with Crippen molar-refractivity contribution in [2.24, 2.45) is 0 Å². The Morgan fingerprint density at radius 3 is 2.95 bits per heavy atom. The zero-order chi connectivity index (χ0) is 14.4. The summed E-state index contributed by atoms with van der Waals surface area (Å²) in [4.78, 5) is 11.7. The Morgan fingerprint density at radius 1 is 1.35 bits per heavy atom. The average molecular weight is 275 g/mol. The Kier molecular flexibility index (Phi) is 5.01. The van der Waals surface area contributed by atoms with Crippen LogP contribution in [0.2, 0.25) is 0 Å². The van der Waals surface area contributed by atoms with Crippen molar-refractivity contribution in [3.05, 3.63) is 30.5 Å². The van der Waals surface area contributed by atoms with Crippen LogP contribution in [0, 0.1) is 0 Å². The second kappa shape index (κ2) is 6.96. The Hall–Kier alpha value is -2.01. The number of hydrogen-bond acceptors (Lipinski definition) is 2. The quantitative estimate of drug-likeness (QED) is 0.709. The van der Waals surface area contributed by atoms with E-state index < -0.39 is 0 Å². The van der Waals surface area contributed by atoms with Gasteiger partial charge in [-0.3, -0.25) is 0 Å². The van der Waals surface area contributed by atoms with Crippen LogP contribution in [0.25, 0.3) is 10.9 Å². The van der Waals surface area contributed by atoms with Gasteiger partial charge in [-0.1, -0.05) is 13.0 Å². The Bertz CT molecular complexity index is 578. The predicted molar refractivity (Wildman–Crippen MR) is 81.0 cm³/mol. The number of fused-ring (bicyclic) bond motifs is 1. The van der Waals surface area contributed by atoms with Crippen molar-refractivity contribution < 1.29 is 9.90 Å². The number of carbonyl (C=O) groups is 1. The first kappa shape index (κ1) is 14.4. The van der Waals surface area contributed by atoms with E-state index in [0.29, 0.717) is 13.0 Å². The van der Waals surface area contributed by atoms with Crippen molar-refractivity contribution in [3.63, 3.8) is 0 Å². The third kappa shape index (κ3) is 3.51. The molecule has 108 valence electrons. The molecule has 2 rings (SSSR count). The van der Waals surface area contributed by atoms with Crippen molar-refractivity contribution in [1.29, 1.82) is 0 Å². The van der Waals surface area contributed by atoms with Crippen LogP contribution in [-0.4, -0.2) is 28.9 Å². The molecule has 0 atom stereocenters. The van der Waals surface area contributed by atoms with Gasteiger partial charge in [-0.15, -0.1) is 0 Å². The predicted octanol–water partition coefficient (Wildman–Crippen LogP) is 2.56. The zero-order valence-corrected chi connectivity index (χ0v) is 11.7. The number of carbonyl (C=O) groups excluding carboxylic acids is 1. The fraction of sp³-hybridized carbons (Fsp3) is 0.400. The summed E-state index contributed by atoms with van der Waals surface area (Å²) < 4.78 is 2.18. The molecule has 2 aromatic rings. The number of urea groups is 1. The lowest BCUT2D eigenvalue weighted by molar-refractivity contribution is 0.249. The Labute approximate surface area is 118 Å². The number of aryl methyl sites for hydroxylation is 1. The van der Waals surface area contributed by atoms with Crippen LogP contribution in [0.1, 0.15) is 19.8 Å².